The van der Waals surface area contributed by atoms with Gasteiger partial charge in [-0.3, -0.25) is 5.43 Å². The van der Waals surface area contributed by atoms with Gasteiger partial charge in [0, 0.05) is 17.3 Å². The van der Waals surface area contributed by atoms with Crippen LogP contribution in [-0.4, -0.2) is 25.5 Å². The number of anilines is 1. The van der Waals surface area contributed by atoms with Crippen molar-refractivity contribution >= 4 is 45.2 Å². The molecule has 0 unspecified atom stereocenters. The third-order valence-corrected chi connectivity index (χ3v) is 4.00. The molecule has 0 aliphatic rings. The molecular formula is C17H18BrN3O2S. The van der Waals surface area contributed by atoms with Gasteiger partial charge in [0.15, 0.2) is 5.11 Å². The normalized spacial score (nSPS) is 10.5. The number of ether oxygens (including phenoxy) is 2. The Labute approximate surface area is 155 Å². The highest BCUT2D eigenvalue weighted by Gasteiger charge is 2.08. The van der Waals surface area contributed by atoms with E-state index in [0.29, 0.717) is 16.6 Å². The summed E-state index contributed by atoms with van der Waals surface area (Å²) in [4.78, 5) is 0. The van der Waals surface area contributed by atoms with Crippen LogP contribution in [0.4, 0.5) is 5.69 Å². The van der Waals surface area contributed by atoms with Gasteiger partial charge in [-0.1, -0.05) is 17.7 Å². The number of thiocarbonyl (C=S) groups is 1. The fourth-order valence-corrected chi connectivity index (χ4v) is 2.63. The van der Waals surface area contributed by atoms with Crippen molar-refractivity contribution in [3.63, 3.8) is 0 Å². The monoisotopic (exact) mass is 407 g/mol. The van der Waals surface area contributed by atoms with E-state index >= 15 is 0 Å². The van der Waals surface area contributed by atoms with E-state index < -0.39 is 0 Å². The van der Waals surface area contributed by atoms with Crippen molar-refractivity contribution in [2.45, 2.75) is 6.92 Å². The van der Waals surface area contributed by atoms with Crippen molar-refractivity contribution in [1.82, 2.24) is 5.43 Å². The van der Waals surface area contributed by atoms with Crippen molar-refractivity contribution < 1.29 is 9.47 Å². The fraction of sp³-hybridized carbons (Fsp3) is 0.176. The minimum atomic E-state index is 0.404. The van der Waals surface area contributed by atoms with E-state index in [4.69, 9.17) is 21.7 Å². The van der Waals surface area contributed by atoms with Gasteiger partial charge in [-0.05, 0) is 53.3 Å². The van der Waals surface area contributed by atoms with Crippen LogP contribution in [0.15, 0.2) is 46.0 Å². The van der Waals surface area contributed by atoms with Crippen LogP contribution >= 0.6 is 28.1 Å². The quantitative estimate of drug-likeness (QED) is 0.443. The molecule has 0 fully saturated rings. The number of hydrogen-bond acceptors (Lipinski definition) is 4. The first-order valence-electron chi connectivity index (χ1n) is 7.11. The number of rotatable bonds is 5. The molecule has 0 saturated heterocycles. The maximum Gasteiger partial charge on any atom is 0.191 e. The molecule has 0 aliphatic heterocycles. The number of hydrazone groups is 1. The van der Waals surface area contributed by atoms with Gasteiger partial charge >= 0.3 is 0 Å². The van der Waals surface area contributed by atoms with Crippen LogP contribution in [0.3, 0.4) is 0 Å². The van der Waals surface area contributed by atoms with E-state index in [0.717, 1.165) is 15.7 Å². The second-order valence-corrected chi connectivity index (χ2v) is 6.18. The molecule has 0 atom stereocenters. The summed E-state index contributed by atoms with van der Waals surface area (Å²) in [6.07, 6.45) is 1.63. The summed E-state index contributed by atoms with van der Waals surface area (Å²) in [5.74, 6) is 1.34. The molecule has 0 aromatic heterocycles. The Morgan fingerprint density at radius 3 is 2.42 bits per heavy atom. The predicted molar refractivity (Wildman–Crippen MR) is 105 cm³/mol. The van der Waals surface area contributed by atoms with Crippen LogP contribution < -0.4 is 20.2 Å². The van der Waals surface area contributed by atoms with Gasteiger partial charge in [0.05, 0.1) is 24.9 Å². The van der Waals surface area contributed by atoms with Gasteiger partial charge in [-0.25, -0.2) is 0 Å². The zero-order chi connectivity index (χ0) is 17.5. The highest BCUT2D eigenvalue weighted by Crippen LogP contribution is 2.31. The van der Waals surface area contributed by atoms with Crippen LogP contribution in [0.25, 0.3) is 0 Å². The minimum absolute atomic E-state index is 0.404. The van der Waals surface area contributed by atoms with E-state index in [-0.39, 0.29) is 0 Å². The molecule has 0 aliphatic carbocycles. The zero-order valence-electron chi connectivity index (χ0n) is 13.6. The molecule has 0 bridgehead atoms. The molecule has 5 nitrogen and oxygen atoms in total. The van der Waals surface area contributed by atoms with Gasteiger partial charge < -0.3 is 14.8 Å². The molecule has 0 heterocycles. The van der Waals surface area contributed by atoms with Crippen LogP contribution in [-0.2, 0) is 0 Å². The third kappa shape index (κ3) is 4.94. The van der Waals surface area contributed by atoms with E-state index in [2.05, 4.69) is 31.8 Å². The Bertz CT molecular complexity index is 748. The molecule has 0 radical (unpaired) electrons. The summed E-state index contributed by atoms with van der Waals surface area (Å²) in [7, 11) is 3.20. The molecular weight excluding hydrogens is 390 g/mol. The summed E-state index contributed by atoms with van der Waals surface area (Å²) >= 11 is 8.66. The van der Waals surface area contributed by atoms with Crippen LogP contribution in [0.2, 0.25) is 0 Å². The fourth-order valence-electron chi connectivity index (χ4n) is 1.94. The molecule has 2 rings (SSSR count). The molecule has 0 spiro atoms. The number of hydrogen-bond donors (Lipinski definition) is 2. The van der Waals surface area contributed by atoms with E-state index in [1.807, 2.05) is 37.3 Å². The minimum Gasteiger partial charge on any atom is -0.496 e. The standard InChI is InChI=1S/C17H18BrN3O2S/c1-11-4-6-13(7-5-11)20-17(24)21-19-10-12-8-14(18)16(23-3)9-15(12)22-2/h4-10H,1-3H3,(H2,20,21,24)/b19-10+. The van der Waals surface area contributed by atoms with E-state index in [1.165, 1.54) is 5.56 Å². The number of methoxy groups -OCH3 is 2. The number of aryl methyl sites for hydroxylation is 1. The summed E-state index contributed by atoms with van der Waals surface area (Å²) in [6.45, 7) is 2.03. The lowest BCUT2D eigenvalue weighted by Crippen LogP contribution is -2.23. The predicted octanol–water partition coefficient (Wildman–Crippen LogP) is 4.10. The Balaban J connectivity index is 2.01. The summed E-state index contributed by atoms with van der Waals surface area (Å²) in [6, 6.07) is 11.6. The Kier molecular flexibility index (Phi) is 6.57. The van der Waals surface area contributed by atoms with Gasteiger partial charge in [-0.2, -0.15) is 5.10 Å². The Morgan fingerprint density at radius 2 is 1.79 bits per heavy atom. The smallest absolute Gasteiger partial charge is 0.191 e. The molecule has 126 valence electrons. The number of halogens is 1. The van der Waals surface area contributed by atoms with Crippen LogP contribution in [0.1, 0.15) is 11.1 Å². The third-order valence-electron chi connectivity index (χ3n) is 3.18. The van der Waals surface area contributed by atoms with Crippen LogP contribution in [0, 0.1) is 6.92 Å². The largest absolute Gasteiger partial charge is 0.496 e. The highest BCUT2D eigenvalue weighted by molar-refractivity contribution is 9.10. The van der Waals surface area contributed by atoms with Crippen LogP contribution in [0.5, 0.6) is 11.5 Å². The molecule has 2 aromatic carbocycles. The molecule has 24 heavy (non-hydrogen) atoms. The lowest BCUT2D eigenvalue weighted by molar-refractivity contribution is 0.392. The topological polar surface area (TPSA) is 54.9 Å². The lowest BCUT2D eigenvalue weighted by Gasteiger charge is -2.10. The first-order valence-corrected chi connectivity index (χ1v) is 8.32. The van der Waals surface area contributed by atoms with Gasteiger partial charge in [0.2, 0.25) is 0 Å². The van der Waals surface area contributed by atoms with Crippen molar-refractivity contribution in [2.75, 3.05) is 19.5 Å². The average molecular weight is 408 g/mol. The molecule has 2 N–H and O–H groups in total. The average Bonchev–Trinajstić information content (AvgIpc) is 2.57. The number of nitrogens with one attached hydrogen (secondary N) is 2. The van der Waals surface area contributed by atoms with Crippen molar-refractivity contribution in [3.05, 3.63) is 52.0 Å². The lowest BCUT2D eigenvalue weighted by atomic mass is 10.2. The van der Waals surface area contributed by atoms with E-state index in [1.54, 1.807) is 26.5 Å². The maximum atomic E-state index is 5.34. The summed E-state index contributed by atoms with van der Waals surface area (Å²) < 4.78 is 11.4. The number of nitrogens with zero attached hydrogens (tertiary/aromatic N) is 1. The zero-order valence-corrected chi connectivity index (χ0v) is 16.0. The molecule has 7 heteroatoms. The number of benzene rings is 2. The van der Waals surface area contributed by atoms with Gasteiger partial charge in [0.1, 0.15) is 11.5 Å². The van der Waals surface area contributed by atoms with Gasteiger partial charge in [-0.15, -0.1) is 0 Å². The molecule has 0 saturated carbocycles. The van der Waals surface area contributed by atoms with Gasteiger partial charge in [0.25, 0.3) is 0 Å². The molecule has 2 aromatic rings. The van der Waals surface area contributed by atoms with Crippen molar-refractivity contribution in [1.29, 1.82) is 0 Å². The SMILES string of the molecule is COc1cc(OC)c(/C=N/NC(=S)Nc2ccc(C)cc2)cc1Br. The first kappa shape index (κ1) is 18.2. The highest BCUT2D eigenvalue weighted by atomic mass is 79.9. The summed E-state index contributed by atoms with van der Waals surface area (Å²) in [5.41, 5.74) is 5.66. The second kappa shape index (κ2) is 8.65. The summed E-state index contributed by atoms with van der Waals surface area (Å²) in [5, 5.41) is 7.60. The second-order valence-electron chi connectivity index (χ2n) is 4.92. The first-order chi connectivity index (χ1) is 11.5. The van der Waals surface area contributed by atoms with Crippen molar-refractivity contribution in [2.24, 2.45) is 5.10 Å². The van der Waals surface area contributed by atoms with Crippen molar-refractivity contribution in [3.8, 4) is 11.5 Å². The van der Waals surface area contributed by atoms with E-state index in [9.17, 15) is 0 Å². The maximum absolute atomic E-state index is 5.34. The molecule has 0 amide bonds. The Morgan fingerprint density at radius 1 is 1.12 bits per heavy atom. The Hall–Kier alpha value is -2.12.